The van der Waals surface area contributed by atoms with Crippen molar-refractivity contribution in [3.05, 3.63) is 29.8 Å². The van der Waals surface area contributed by atoms with E-state index in [4.69, 9.17) is 9.47 Å². The Balaban J connectivity index is 1.67. The van der Waals surface area contributed by atoms with E-state index in [0.29, 0.717) is 5.25 Å². The van der Waals surface area contributed by atoms with Crippen LogP contribution < -0.4 is 0 Å². The van der Waals surface area contributed by atoms with Crippen molar-refractivity contribution in [1.82, 2.24) is 0 Å². The van der Waals surface area contributed by atoms with Crippen LogP contribution >= 0.6 is 11.8 Å². The Kier molecular flexibility index (Phi) is 4.69. The zero-order valence-corrected chi connectivity index (χ0v) is 10.5. The maximum Gasteiger partial charge on any atom is 0.0591 e. The van der Waals surface area contributed by atoms with Crippen LogP contribution in [0.1, 0.15) is 12.0 Å². The van der Waals surface area contributed by atoms with Crippen LogP contribution in [0.15, 0.2) is 29.2 Å². The van der Waals surface area contributed by atoms with Gasteiger partial charge in [0.2, 0.25) is 0 Å². The average molecular weight is 238 g/mol. The fourth-order valence-electron chi connectivity index (χ4n) is 1.87. The highest BCUT2D eigenvalue weighted by Crippen LogP contribution is 2.36. The van der Waals surface area contributed by atoms with Gasteiger partial charge in [0.05, 0.1) is 6.61 Å². The summed E-state index contributed by atoms with van der Waals surface area (Å²) >= 11 is 1.94. The molecule has 16 heavy (non-hydrogen) atoms. The predicted molar refractivity (Wildman–Crippen MR) is 67.1 cm³/mol. The molecule has 0 saturated carbocycles. The quantitative estimate of drug-likeness (QED) is 0.710. The highest BCUT2D eigenvalue weighted by Gasteiger charge is 2.21. The standard InChI is InChI=1S/C13H18O2S/c1-14-7-4-8-15-10-12-9-11-5-2-3-6-13(11)16-12/h2-3,5-6,12H,4,7-10H2,1H3. The fraction of sp³-hybridized carbons (Fsp3) is 0.538. The maximum atomic E-state index is 5.65. The predicted octanol–water partition coefficient (Wildman–Crippen LogP) is 2.76. The Bertz CT molecular complexity index is 302. The molecule has 1 aromatic rings. The van der Waals surface area contributed by atoms with Gasteiger partial charge in [0, 0.05) is 30.5 Å². The Morgan fingerprint density at radius 1 is 1.31 bits per heavy atom. The van der Waals surface area contributed by atoms with Crippen molar-refractivity contribution in [1.29, 1.82) is 0 Å². The second-order valence-corrected chi connectivity index (χ2v) is 5.32. The average Bonchev–Trinajstić information content (AvgIpc) is 2.71. The first-order valence-corrected chi connectivity index (χ1v) is 6.59. The third-order valence-electron chi connectivity index (χ3n) is 2.65. The zero-order valence-electron chi connectivity index (χ0n) is 9.65. The van der Waals surface area contributed by atoms with Crippen molar-refractivity contribution in [3.8, 4) is 0 Å². The van der Waals surface area contributed by atoms with Gasteiger partial charge in [0.15, 0.2) is 0 Å². The summed E-state index contributed by atoms with van der Waals surface area (Å²) in [5.74, 6) is 0. The van der Waals surface area contributed by atoms with Crippen LogP contribution in [-0.2, 0) is 15.9 Å². The minimum absolute atomic E-state index is 0.597. The Morgan fingerprint density at radius 2 is 2.19 bits per heavy atom. The van der Waals surface area contributed by atoms with Gasteiger partial charge in [-0.05, 0) is 24.5 Å². The van der Waals surface area contributed by atoms with Gasteiger partial charge in [0.25, 0.3) is 0 Å². The van der Waals surface area contributed by atoms with Crippen molar-refractivity contribution >= 4 is 11.8 Å². The molecule has 0 spiro atoms. The summed E-state index contributed by atoms with van der Waals surface area (Å²) in [5, 5.41) is 0.597. The number of rotatable bonds is 6. The Labute approximate surface area is 101 Å². The largest absolute Gasteiger partial charge is 0.385 e. The number of hydrogen-bond acceptors (Lipinski definition) is 3. The molecule has 88 valence electrons. The van der Waals surface area contributed by atoms with Gasteiger partial charge in [-0.2, -0.15) is 0 Å². The molecule has 2 nitrogen and oxygen atoms in total. The molecule has 2 rings (SSSR count). The lowest BCUT2D eigenvalue weighted by Crippen LogP contribution is -2.12. The molecule has 1 aliphatic heterocycles. The number of methoxy groups -OCH3 is 1. The van der Waals surface area contributed by atoms with Crippen molar-refractivity contribution < 1.29 is 9.47 Å². The number of benzene rings is 1. The molecule has 1 aliphatic rings. The third kappa shape index (κ3) is 3.24. The first-order chi connectivity index (χ1) is 7.90. The first-order valence-electron chi connectivity index (χ1n) is 5.71. The molecule has 0 radical (unpaired) electrons. The second kappa shape index (κ2) is 6.28. The highest BCUT2D eigenvalue weighted by molar-refractivity contribution is 8.00. The molecule has 1 unspecified atom stereocenters. The van der Waals surface area contributed by atoms with E-state index in [1.54, 1.807) is 7.11 Å². The fourth-order valence-corrected chi connectivity index (χ4v) is 3.11. The van der Waals surface area contributed by atoms with Gasteiger partial charge in [-0.15, -0.1) is 11.8 Å². The van der Waals surface area contributed by atoms with Crippen LogP contribution in [-0.4, -0.2) is 32.2 Å². The third-order valence-corrected chi connectivity index (χ3v) is 3.94. The van der Waals surface area contributed by atoms with Crippen LogP contribution in [0.2, 0.25) is 0 Å². The van der Waals surface area contributed by atoms with Crippen LogP contribution in [0.4, 0.5) is 0 Å². The molecule has 0 amide bonds. The minimum Gasteiger partial charge on any atom is -0.385 e. The van der Waals surface area contributed by atoms with Gasteiger partial charge in [-0.3, -0.25) is 0 Å². The molecular weight excluding hydrogens is 220 g/mol. The molecule has 0 bridgehead atoms. The lowest BCUT2D eigenvalue weighted by atomic mass is 10.1. The Hall–Kier alpha value is -0.510. The molecule has 1 aromatic carbocycles. The van der Waals surface area contributed by atoms with Gasteiger partial charge in [0.1, 0.15) is 0 Å². The number of ether oxygens (including phenoxy) is 2. The van der Waals surface area contributed by atoms with Crippen LogP contribution in [0.5, 0.6) is 0 Å². The molecular formula is C13H18O2S. The smallest absolute Gasteiger partial charge is 0.0591 e. The summed E-state index contributed by atoms with van der Waals surface area (Å²) in [6, 6.07) is 8.63. The molecule has 1 atom stereocenters. The Morgan fingerprint density at radius 3 is 3.00 bits per heavy atom. The van der Waals surface area contributed by atoms with Crippen molar-refractivity contribution in [3.63, 3.8) is 0 Å². The van der Waals surface area contributed by atoms with Crippen LogP contribution in [0.3, 0.4) is 0 Å². The van der Waals surface area contributed by atoms with E-state index in [1.165, 1.54) is 10.5 Å². The molecule has 0 aromatic heterocycles. The molecule has 0 fully saturated rings. The maximum absolute atomic E-state index is 5.65. The summed E-state index contributed by atoms with van der Waals surface area (Å²) in [6.07, 6.45) is 2.13. The van der Waals surface area contributed by atoms with Gasteiger partial charge in [-0.1, -0.05) is 18.2 Å². The minimum atomic E-state index is 0.597. The van der Waals surface area contributed by atoms with Gasteiger partial charge < -0.3 is 9.47 Å². The van der Waals surface area contributed by atoms with Crippen molar-refractivity contribution in [2.45, 2.75) is 23.0 Å². The summed E-state index contributed by atoms with van der Waals surface area (Å²) in [7, 11) is 1.73. The SMILES string of the molecule is COCCCOCC1Cc2ccccc2S1. The highest BCUT2D eigenvalue weighted by atomic mass is 32.2. The van der Waals surface area contributed by atoms with Crippen molar-refractivity contribution in [2.24, 2.45) is 0 Å². The van der Waals surface area contributed by atoms with E-state index in [2.05, 4.69) is 24.3 Å². The zero-order chi connectivity index (χ0) is 11.2. The van der Waals surface area contributed by atoms with Crippen LogP contribution in [0, 0.1) is 0 Å². The summed E-state index contributed by atoms with van der Waals surface area (Å²) < 4.78 is 10.6. The molecule has 0 aliphatic carbocycles. The molecule has 1 heterocycles. The summed E-state index contributed by atoms with van der Waals surface area (Å²) in [4.78, 5) is 1.42. The van der Waals surface area contributed by atoms with E-state index in [9.17, 15) is 0 Å². The van der Waals surface area contributed by atoms with E-state index >= 15 is 0 Å². The summed E-state index contributed by atoms with van der Waals surface area (Å²) in [6.45, 7) is 2.45. The van der Waals surface area contributed by atoms with E-state index in [0.717, 1.165) is 32.7 Å². The topological polar surface area (TPSA) is 18.5 Å². The molecule has 3 heteroatoms. The lowest BCUT2D eigenvalue weighted by molar-refractivity contribution is 0.104. The first kappa shape index (κ1) is 12.0. The molecule has 0 N–H and O–H groups in total. The van der Waals surface area contributed by atoms with Gasteiger partial charge in [-0.25, -0.2) is 0 Å². The van der Waals surface area contributed by atoms with E-state index in [-0.39, 0.29) is 0 Å². The number of hydrogen-bond donors (Lipinski definition) is 0. The summed E-state index contributed by atoms with van der Waals surface area (Å²) in [5.41, 5.74) is 1.47. The lowest BCUT2D eigenvalue weighted by Gasteiger charge is -2.08. The normalized spacial score (nSPS) is 18.7. The van der Waals surface area contributed by atoms with Crippen molar-refractivity contribution in [2.75, 3.05) is 26.9 Å². The van der Waals surface area contributed by atoms with E-state index < -0.39 is 0 Å². The number of fused-ring (bicyclic) bond motifs is 1. The van der Waals surface area contributed by atoms with Crippen LogP contribution in [0.25, 0.3) is 0 Å². The van der Waals surface area contributed by atoms with Gasteiger partial charge >= 0.3 is 0 Å². The monoisotopic (exact) mass is 238 g/mol. The number of thioether (sulfide) groups is 1. The molecule has 0 saturated heterocycles. The second-order valence-electron chi connectivity index (χ2n) is 3.97. The van der Waals surface area contributed by atoms with E-state index in [1.807, 2.05) is 11.8 Å².